The molecule has 4 heteroatoms. The highest BCUT2D eigenvalue weighted by Crippen LogP contribution is 2.00. The molecule has 0 rings (SSSR count). The Balaban J connectivity index is 3.70. The SMILES string of the molecule is COC(C)C(C)NC(C)CCS(C)=O. The van der Waals surface area contributed by atoms with Crippen molar-refractivity contribution in [3.8, 4) is 0 Å². The van der Waals surface area contributed by atoms with E-state index in [4.69, 9.17) is 4.74 Å². The first-order chi connectivity index (χ1) is 6.47. The number of ether oxygens (including phenoxy) is 1. The lowest BCUT2D eigenvalue weighted by Gasteiger charge is -2.24. The van der Waals surface area contributed by atoms with Crippen LogP contribution in [0.25, 0.3) is 0 Å². The van der Waals surface area contributed by atoms with Crippen LogP contribution in [0.5, 0.6) is 0 Å². The summed E-state index contributed by atoms with van der Waals surface area (Å²) in [7, 11) is 1.03. The van der Waals surface area contributed by atoms with E-state index < -0.39 is 10.8 Å². The van der Waals surface area contributed by atoms with Crippen molar-refractivity contribution in [2.24, 2.45) is 0 Å². The first kappa shape index (κ1) is 14.1. The third kappa shape index (κ3) is 6.51. The van der Waals surface area contributed by atoms with E-state index in [1.165, 1.54) is 0 Å². The first-order valence-corrected chi connectivity index (χ1v) is 6.79. The predicted molar refractivity (Wildman–Crippen MR) is 62.1 cm³/mol. The van der Waals surface area contributed by atoms with Crippen LogP contribution in [0.3, 0.4) is 0 Å². The van der Waals surface area contributed by atoms with Crippen molar-refractivity contribution in [3.63, 3.8) is 0 Å². The molecule has 4 atom stereocenters. The molecular weight excluding hydrogens is 198 g/mol. The molecule has 86 valence electrons. The Kier molecular flexibility index (Phi) is 7.41. The largest absolute Gasteiger partial charge is 0.380 e. The van der Waals surface area contributed by atoms with E-state index in [1.807, 2.05) is 6.92 Å². The molecule has 0 spiro atoms. The summed E-state index contributed by atoms with van der Waals surface area (Å²) in [5.41, 5.74) is 0. The highest BCUT2D eigenvalue weighted by molar-refractivity contribution is 7.84. The summed E-state index contributed by atoms with van der Waals surface area (Å²) in [5, 5.41) is 3.43. The molecule has 0 aromatic carbocycles. The van der Waals surface area contributed by atoms with Gasteiger partial charge in [-0.1, -0.05) is 0 Å². The Morgan fingerprint density at radius 3 is 2.36 bits per heavy atom. The van der Waals surface area contributed by atoms with E-state index in [1.54, 1.807) is 13.4 Å². The summed E-state index contributed by atoms with van der Waals surface area (Å²) in [4.78, 5) is 0. The zero-order valence-electron chi connectivity index (χ0n) is 9.87. The van der Waals surface area contributed by atoms with Gasteiger partial charge in [0.25, 0.3) is 0 Å². The lowest BCUT2D eigenvalue weighted by atomic mass is 10.1. The Labute approximate surface area is 90.1 Å². The minimum Gasteiger partial charge on any atom is -0.380 e. The zero-order valence-corrected chi connectivity index (χ0v) is 10.7. The molecule has 0 radical (unpaired) electrons. The van der Waals surface area contributed by atoms with Gasteiger partial charge in [0.05, 0.1) is 6.10 Å². The smallest absolute Gasteiger partial charge is 0.0693 e. The normalized spacial score (nSPS) is 20.1. The molecular formula is C10H23NO2S. The van der Waals surface area contributed by atoms with Gasteiger partial charge >= 0.3 is 0 Å². The van der Waals surface area contributed by atoms with Gasteiger partial charge in [-0.2, -0.15) is 0 Å². The average Bonchev–Trinajstić information content (AvgIpc) is 2.13. The zero-order chi connectivity index (χ0) is 11.1. The molecule has 0 fully saturated rings. The molecule has 0 heterocycles. The van der Waals surface area contributed by atoms with Crippen LogP contribution < -0.4 is 5.32 Å². The second kappa shape index (κ2) is 7.37. The fourth-order valence-corrected chi connectivity index (χ4v) is 1.90. The summed E-state index contributed by atoms with van der Waals surface area (Å²) in [6.07, 6.45) is 2.90. The van der Waals surface area contributed by atoms with Crippen molar-refractivity contribution in [1.29, 1.82) is 0 Å². The van der Waals surface area contributed by atoms with Crippen LogP contribution in [0.1, 0.15) is 27.2 Å². The third-order valence-corrected chi connectivity index (χ3v) is 3.27. The van der Waals surface area contributed by atoms with Crippen LogP contribution in [-0.2, 0) is 15.5 Å². The van der Waals surface area contributed by atoms with Gasteiger partial charge in [0.2, 0.25) is 0 Å². The highest BCUT2D eigenvalue weighted by atomic mass is 32.2. The van der Waals surface area contributed by atoms with Crippen LogP contribution in [0, 0.1) is 0 Å². The summed E-state index contributed by atoms with van der Waals surface area (Å²) in [6.45, 7) is 6.27. The van der Waals surface area contributed by atoms with Gasteiger partial charge in [-0.15, -0.1) is 0 Å². The lowest BCUT2D eigenvalue weighted by Crippen LogP contribution is -2.42. The van der Waals surface area contributed by atoms with Crippen molar-refractivity contribution < 1.29 is 8.95 Å². The summed E-state index contributed by atoms with van der Waals surface area (Å²) < 4.78 is 16.1. The van der Waals surface area contributed by atoms with Gasteiger partial charge < -0.3 is 10.1 Å². The van der Waals surface area contributed by atoms with Crippen LogP contribution in [0.2, 0.25) is 0 Å². The second-order valence-corrected chi connectivity index (χ2v) is 5.42. The molecule has 4 unspecified atom stereocenters. The van der Waals surface area contributed by atoms with Gasteiger partial charge in [-0.3, -0.25) is 4.21 Å². The van der Waals surface area contributed by atoms with Crippen LogP contribution in [0.15, 0.2) is 0 Å². The molecule has 0 bridgehead atoms. The fourth-order valence-electron chi connectivity index (χ4n) is 1.21. The van der Waals surface area contributed by atoms with E-state index in [0.717, 1.165) is 12.2 Å². The van der Waals surface area contributed by atoms with Crippen molar-refractivity contribution in [2.75, 3.05) is 19.1 Å². The fraction of sp³-hybridized carbons (Fsp3) is 1.00. The number of hydrogen-bond acceptors (Lipinski definition) is 3. The molecule has 0 saturated carbocycles. The Bertz CT molecular complexity index is 176. The van der Waals surface area contributed by atoms with E-state index in [0.29, 0.717) is 12.1 Å². The molecule has 0 aromatic rings. The van der Waals surface area contributed by atoms with Crippen molar-refractivity contribution in [3.05, 3.63) is 0 Å². The maximum Gasteiger partial charge on any atom is 0.0693 e. The maximum atomic E-state index is 10.9. The molecule has 0 amide bonds. The Hall–Kier alpha value is 0.0700. The number of hydrogen-bond donors (Lipinski definition) is 1. The Morgan fingerprint density at radius 1 is 1.36 bits per heavy atom. The quantitative estimate of drug-likeness (QED) is 0.701. The number of rotatable bonds is 7. The van der Waals surface area contributed by atoms with Crippen molar-refractivity contribution >= 4 is 10.8 Å². The Morgan fingerprint density at radius 2 is 1.93 bits per heavy atom. The molecule has 3 nitrogen and oxygen atoms in total. The van der Waals surface area contributed by atoms with Gasteiger partial charge in [0.15, 0.2) is 0 Å². The van der Waals surface area contributed by atoms with Gasteiger partial charge in [-0.05, 0) is 27.2 Å². The topological polar surface area (TPSA) is 38.3 Å². The van der Waals surface area contributed by atoms with Crippen molar-refractivity contribution in [2.45, 2.75) is 45.4 Å². The monoisotopic (exact) mass is 221 g/mol. The molecule has 1 N–H and O–H groups in total. The van der Waals surface area contributed by atoms with Gasteiger partial charge in [0, 0.05) is 42.0 Å². The average molecular weight is 221 g/mol. The highest BCUT2D eigenvalue weighted by Gasteiger charge is 2.13. The van der Waals surface area contributed by atoms with Gasteiger partial charge in [0.1, 0.15) is 0 Å². The van der Waals surface area contributed by atoms with E-state index in [9.17, 15) is 4.21 Å². The van der Waals surface area contributed by atoms with Crippen molar-refractivity contribution in [1.82, 2.24) is 5.32 Å². The molecule has 0 aromatic heterocycles. The lowest BCUT2D eigenvalue weighted by molar-refractivity contribution is 0.0850. The minimum absolute atomic E-state index is 0.213. The standard InChI is InChI=1S/C10H23NO2S/c1-8(6-7-14(5)12)11-9(2)10(3)13-4/h8-11H,6-7H2,1-5H3. The summed E-state index contributed by atoms with van der Waals surface area (Å²) in [6, 6.07) is 0.729. The maximum absolute atomic E-state index is 10.9. The van der Waals surface area contributed by atoms with E-state index in [-0.39, 0.29) is 6.10 Å². The number of nitrogens with one attached hydrogen (secondary N) is 1. The van der Waals surface area contributed by atoms with E-state index >= 15 is 0 Å². The molecule has 14 heavy (non-hydrogen) atoms. The second-order valence-electron chi connectivity index (χ2n) is 3.86. The molecule has 0 aliphatic rings. The molecule has 0 aliphatic carbocycles. The first-order valence-electron chi connectivity index (χ1n) is 5.06. The van der Waals surface area contributed by atoms with Crippen LogP contribution in [-0.4, -0.2) is 41.5 Å². The minimum atomic E-state index is -0.685. The summed E-state index contributed by atoms with van der Waals surface area (Å²) in [5.74, 6) is 0.766. The number of methoxy groups -OCH3 is 1. The molecule has 0 saturated heterocycles. The van der Waals surface area contributed by atoms with E-state index in [2.05, 4.69) is 19.2 Å². The van der Waals surface area contributed by atoms with Gasteiger partial charge in [-0.25, -0.2) is 0 Å². The van der Waals surface area contributed by atoms with Crippen LogP contribution in [0.4, 0.5) is 0 Å². The predicted octanol–water partition coefficient (Wildman–Crippen LogP) is 1.16. The summed E-state index contributed by atoms with van der Waals surface area (Å²) >= 11 is 0. The van der Waals surface area contributed by atoms with Crippen LogP contribution >= 0.6 is 0 Å². The third-order valence-electron chi connectivity index (χ3n) is 2.46. The molecule has 0 aliphatic heterocycles.